The molecular weight excluding hydrogens is 390 g/mol. The first-order valence-electron chi connectivity index (χ1n) is 7.02. The average molecular weight is 402 g/mol. The van der Waals surface area contributed by atoms with Crippen molar-refractivity contribution in [1.29, 1.82) is 5.26 Å². The Morgan fingerprint density at radius 1 is 1.29 bits per heavy atom. The number of aromatic nitrogens is 3. The number of rotatable bonds is 4. The van der Waals surface area contributed by atoms with Crippen LogP contribution in [0.15, 0.2) is 46.3 Å². The van der Waals surface area contributed by atoms with Crippen LogP contribution in [0.1, 0.15) is 5.56 Å². The lowest BCUT2D eigenvalue weighted by molar-refractivity contribution is -0.118. The van der Waals surface area contributed by atoms with Crippen LogP contribution >= 0.6 is 27.7 Å². The van der Waals surface area contributed by atoms with E-state index in [1.165, 1.54) is 11.8 Å². The van der Waals surface area contributed by atoms with Crippen LogP contribution in [0.25, 0.3) is 16.5 Å². The minimum Gasteiger partial charge on any atom is -0.358 e. The number of carbonyl (C=O) groups excluding carboxylic acids is 1. The Bertz CT molecular complexity index is 963. The standard InChI is InChI=1S/C16H12BrN5OS/c1-19-14(23)9-24-16-21-20-15(17)22(16)13-7-6-10(8-18)11-4-2-3-5-12(11)13/h2-7H,9H2,1H3,(H,19,23). The van der Waals surface area contributed by atoms with Gasteiger partial charge in [0.25, 0.3) is 0 Å². The Morgan fingerprint density at radius 3 is 2.75 bits per heavy atom. The van der Waals surface area contributed by atoms with Crippen LogP contribution in [-0.2, 0) is 4.79 Å². The number of nitrogens with one attached hydrogen (secondary N) is 1. The van der Waals surface area contributed by atoms with Crippen molar-refractivity contribution in [1.82, 2.24) is 20.1 Å². The fraction of sp³-hybridized carbons (Fsp3) is 0.125. The fourth-order valence-electron chi connectivity index (χ4n) is 2.33. The molecule has 0 aliphatic heterocycles. The second-order valence-corrected chi connectivity index (χ2v) is 6.49. The number of nitrogens with zero attached hydrogens (tertiary/aromatic N) is 4. The molecule has 0 saturated heterocycles. The van der Waals surface area contributed by atoms with Crippen LogP contribution in [0.3, 0.4) is 0 Å². The van der Waals surface area contributed by atoms with Gasteiger partial charge in [-0.15, -0.1) is 10.2 Å². The maximum atomic E-state index is 11.5. The SMILES string of the molecule is CNC(=O)CSc1nnc(Br)n1-c1ccc(C#N)c2ccccc12. The zero-order chi connectivity index (χ0) is 17.1. The summed E-state index contributed by atoms with van der Waals surface area (Å²) in [6.07, 6.45) is 0. The van der Waals surface area contributed by atoms with Gasteiger partial charge < -0.3 is 5.32 Å². The predicted molar refractivity (Wildman–Crippen MR) is 96.1 cm³/mol. The van der Waals surface area contributed by atoms with E-state index in [2.05, 4.69) is 37.5 Å². The Hall–Kier alpha value is -2.37. The van der Waals surface area contributed by atoms with Crippen LogP contribution in [-0.4, -0.2) is 33.5 Å². The van der Waals surface area contributed by atoms with E-state index in [0.29, 0.717) is 15.5 Å². The van der Waals surface area contributed by atoms with Crippen molar-refractivity contribution in [3.63, 3.8) is 0 Å². The number of halogens is 1. The highest BCUT2D eigenvalue weighted by atomic mass is 79.9. The Kier molecular flexibility index (Phi) is 4.83. The minimum atomic E-state index is -0.0876. The van der Waals surface area contributed by atoms with E-state index in [-0.39, 0.29) is 11.7 Å². The van der Waals surface area contributed by atoms with Gasteiger partial charge in [-0.3, -0.25) is 9.36 Å². The van der Waals surface area contributed by atoms with E-state index in [1.54, 1.807) is 13.1 Å². The van der Waals surface area contributed by atoms with Crippen LogP contribution in [0.4, 0.5) is 0 Å². The normalized spacial score (nSPS) is 10.5. The molecule has 0 atom stereocenters. The summed E-state index contributed by atoms with van der Waals surface area (Å²) in [6, 6.07) is 13.5. The quantitative estimate of drug-likeness (QED) is 0.679. The number of amides is 1. The zero-order valence-corrected chi connectivity index (χ0v) is 15.1. The second-order valence-electron chi connectivity index (χ2n) is 4.84. The first-order chi connectivity index (χ1) is 11.7. The summed E-state index contributed by atoms with van der Waals surface area (Å²) >= 11 is 4.71. The summed E-state index contributed by atoms with van der Waals surface area (Å²) in [7, 11) is 1.59. The van der Waals surface area contributed by atoms with Gasteiger partial charge in [0.1, 0.15) is 0 Å². The third-order valence-electron chi connectivity index (χ3n) is 3.47. The molecule has 1 amide bonds. The van der Waals surface area contributed by atoms with Crippen molar-refractivity contribution in [2.75, 3.05) is 12.8 Å². The van der Waals surface area contributed by atoms with Crippen LogP contribution in [0.5, 0.6) is 0 Å². The van der Waals surface area contributed by atoms with E-state index < -0.39 is 0 Å². The molecular formula is C16H12BrN5OS. The molecule has 0 bridgehead atoms. The molecule has 1 N–H and O–H groups in total. The van der Waals surface area contributed by atoms with Gasteiger partial charge in [-0.25, -0.2) is 0 Å². The number of fused-ring (bicyclic) bond motifs is 1. The van der Waals surface area contributed by atoms with Crippen molar-refractivity contribution in [3.05, 3.63) is 46.7 Å². The highest BCUT2D eigenvalue weighted by molar-refractivity contribution is 9.10. The number of nitriles is 1. The molecule has 0 unspecified atom stereocenters. The van der Waals surface area contributed by atoms with Gasteiger partial charge in [0.15, 0.2) is 5.16 Å². The summed E-state index contributed by atoms with van der Waals surface area (Å²) in [5, 5.41) is 22.4. The van der Waals surface area contributed by atoms with Gasteiger partial charge in [0.2, 0.25) is 10.6 Å². The highest BCUT2D eigenvalue weighted by Crippen LogP contribution is 2.31. The lowest BCUT2D eigenvalue weighted by atomic mass is 10.0. The molecule has 1 heterocycles. The lowest BCUT2D eigenvalue weighted by Crippen LogP contribution is -2.20. The molecule has 6 nitrogen and oxygen atoms in total. The number of thioether (sulfide) groups is 1. The number of benzene rings is 2. The second kappa shape index (κ2) is 7.03. The number of carbonyl (C=O) groups is 1. The summed E-state index contributed by atoms with van der Waals surface area (Å²) in [4.78, 5) is 11.5. The molecule has 0 aliphatic carbocycles. The molecule has 0 fully saturated rings. The van der Waals surface area contributed by atoms with Crippen LogP contribution in [0, 0.1) is 11.3 Å². The molecule has 0 saturated carbocycles. The molecule has 24 heavy (non-hydrogen) atoms. The molecule has 3 aromatic rings. The third-order valence-corrected chi connectivity index (χ3v) is 4.91. The van der Waals surface area contributed by atoms with Crippen LogP contribution < -0.4 is 5.32 Å². The first-order valence-corrected chi connectivity index (χ1v) is 8.80. The van der Waals surface area contributed by atoms with Crippen molar-refractivity contribution in [3.8, 4) is 11.8 Å². The zero-order valence-electron chi connectivity index (χ0n) is 12.7. The van der Waals surface area contributed by atoms with Crippen molar-refractivity contribution in [2.24, 2.45) is 0 Å². The lowest BCUT2D eigenvalue weighted by Gasteiger charge is -2.11. The van der Waals surface area contributed by atoms with Gasteiger partial charge >= 0.3 is 0 Å². The Balaban J connectivity index is 2.14. The maximum absolute atomic E-state index is 11.5. The summed E-state index contributed by atoms with van der Waals surface area (Å²) in [6.45, 7) is 0. The predicted octanol–water partition coefficient (Wildman–Crippen LogP) is 2.89. The summed E-state index contributed by atoms with van der Waals surface area (Å²) < 4.78 is 2.37. The molecule has 3 rings (SSSR count). The van der Waals surface area contributed by atoms with E-state index in [9.17, 15) is 10.1 Å². The summed E-state index contributed by atoms with van der Waals surface area (Å²) in [5.74, 6) is 0.158. The molecule has 2 aromatic carbocycles. The fourth-order valence-corrected chi connectivity index (χ4v) is 3.70. The van der Waals surface area contributed by atoms with Gasteiger partial charge in [-0.05, 0) is 28.1 Å². The largest absolute Gasteiger partial charge is 0.358 e. The van der Waals surface area contributed by atoms with E-state index >= 15 is 0 Å². The average Bonchev–Trinajstić information content (AvgIpc) is 2.99. The summed E-state index contributed by atoms with van der Waals surface area (Å²) in [5.41, 5.74) is 1.46. The van der Waals surface area contributed by atoms with Crippen molar-refractivity contribution >= 4 is 44.4 Å². The first kappa shape index (κ1) is 16.5. The van der Waals surface area contributed by atoms with Gasteiger partial charge in [-0.1, -0.05) is 36.0 Å². The smallest absolute Gasteiger partial charge is 0.230 e. The third kappa shape index (κ3) is 3.00. The number of hydrogen-bond donors (Lipinski definition) is 1. The van der Waals surface area contributed by atoms with Gasteiger partial charge in [-0.2, -0.15) is 5.26 Å². The number of hydrogen-bond acceptors (Lipinski definition) is 5. The Morgan fingerprint density at radius 2 is 2.04 bits per heavy atom. The van der Waals surface area contributed by atoms with E-state index in [1.807, 2.05) is 34.9 Å². The molecule has 120 valence electrons. The molecule has 0 radical (unpaired) electrons. The molecule has 8 heteroatoms. The van der Waals surface area contributed by atoms with Crippen molar-refractivity contribution in [2.45, 2.75) is 5.16 Å². The van der Waals surface area contributed by atoms with Crippen LogP contribution in [0.2, 0.25) is 0 Å². The molecule has 1 aromatic heterocycles. The minimum absolute atomic E-state index is 0.0876. The van der Waals surface area contributed by atoms with Crippen molar-refractivity contribution < 1.29 is 4.79 Å². The topological polar surface area (TPSA) is 83.6 Å². The molecule has 0 spiro atoms. The maximum Gasteiger partial charge on any atom is 0.230 e. The van der Waals surface area contributed by atoms with E-state index in [4.69, 9.17) is 0 Å². The highest BCUT2D eigenvalue weighted by Gasteiger charge is 2.16. The van der Waals surface area contributed by atoms with Gasteiger partial charge in [0, 0.05) is 17.8 Å². The Labute approximate surface area is 151 Å². The van der Waals surface area contributed by atoms with E-state index in [0.717, 1.165) is 16.5 Å². The van der Waals surface area contributed by atoms with Gasteiger partial charge in [0.05, 0.1) is 23.1 Å². The monoisotopic (exact) mass is 401 g/mol. The molecule has 0 aliphatic rings.